The fourth-order valence-corrected chi connectivity index (χ4v) is 4.90. The van der Waals surface area contributed by atoms with Crippen molar-refractivity contribution in [2.75, 3.05) is 33.9 Å². The Morgan fingerprint density at radius 3 is 2.63 bits per heavy atom. The number of halogens is 2. The zero-order valence-electron chi connectivity index (χ0n) is 19.5. The van der Waals surface area contributed by atoms with E-state index in [2.05, 4.69) is 40.9 Å². The molecule has 9 heteroatoms. The lowest BCUT2D eigenvalue weighted by atomic mass is 9.97. The number of carbonyl (C=O) groups is 1. The van der Waals surface area contributed by atoms with Crippen LogP contribution >= 0.6 is 34.5 Å². The minimum atomic E-state index is -0.272. The number of benzene rings is 2. The number of amides is 1. The first kappa shape index (κ1) is 25.7. The summed E-state index contributed by atoms with van der Waals surface area (Å²) in [6.45, 7) is 2.68. The summed E-state index contributed by atoms with van der Waals surface area (Å²) in [6, 6.07) is 17.7. The monoisotopic (exact) mass is 531 g/mol. The first-order chi connectivity index (χ1) is 16.9. The van der Waals surface area contributed by atoms with E-state index in [1.54, 1.807) is 19.2 Å². The molecular weight excluding hydrogens is 505 g/mol. The number of hydrogen-bond donors (Lipinski definition) is 2. The average molecular weight is 532 g/mol. The number of nitrogens with one attached hydrogen (secondary N) is 2. The normalized spacial score (nSPS) is 15.2. The second kappa shape index (κ2) is 12.0. The summed E-state index contributed by atoms with van der Waals surface area (Å²) in [4.78, 5) is 20.7. The Balaban J connectivity index is 1.42. The van der Waals surface area contributed by atoms with E-state index < -0.39 is 0 Å². The fourth-order valence-electron chi connectivity index (χ4n) is 3.77. The summed E-state index contributed by atoms with van der Waals surface area (Å²) in [6.07, 6.45) is 1.69. The SMILES string of the molecule is COCCN(C)Cc1ccc(Cl)cc1-c1ccc(C2=CC(CNC(=O)c3ccc(Cl)s3)ON2)cc1. The van der Waals surface area contributed by atoms with E-state index >= 15 is 0 Å². The first-order valence-corrected chi connectivity index (χ1v) is 12.7. The van der Waals surface area contributed by atoms with Gasteiger partial charge in [0.1, 0.15) is 6.10 Å². The van der Waals surface area contributed by atoms with E-state index in [4.69, 9.17) is 32.8 Å². The van der Waals surface area contributed by atoms with Gasteiger partial charge in [0.15, 0.2) is 0 Å². The van der Waals surface area contributed by atoms with Crippen LogP contribution in [0.3, 0.4) is 0 Å². The summed E-state index contributed by atoms with van der Waals surface area (Å²) < 4.78 is 5.78. The van der Waals surface area contributed by atoms with Crippen LogP contribution in [-0.4, -0.2) is 50.8 Å². The maximum Gasteiger partial charge on any atom is 0.261 e. The predicted molar refractivity (Wildman–Crippen MR) is 143 cm³/mol. The molecule has 1 aliphatic rings. The van der Waals surface area contributed by atoms with Crippen molar-refractivity contribution in [1.29, 1.82) is 0 Å². The highest BCUT2D eigenvalue weighted by Gasteiger charge is 2.19. The van der Waals surface area contributed by atoms with Gasteiger partial charge in [0.05, 0.1) is 28.1 Å². The van der Waals surface area contributed by atoms with E-state index in [0.717, 1.165) is 35.5 Å². The summed E-state index contributed by atoms with van der Waals surface area (Å²) in [5.74, 6) is -0.165. The zero-order valence-corrected chi connectivity index (χ0v) is 21.8. The molecule has 3 aromatic rings. The Morgan fingerprint density at radius 1 is 1.14 bits per heavy atom. The molecule has 2 heterocycles. The van der Waals surface area contributed by atoms with E-state index in [1.165, 1.54) is 16.9 Å². The van der Waals surface area contributed by atoms with Crippen molar-refractivity contribution >= 4 is 46.1 Å². The fraction of sp³-hybridized carbons (Fsp3) is 0.269. The van der Waals surface area contributed by atoms with Gasteiger partial charge in [-0.05, 0) is 59.6 Å². The largest absolute Gasteiger partial charge is 0.383 e. The highest BCUT2D eigenvalue weighted by atomic mass is 35.5. The molecule has 0 radical (unpaired) electrons. The van der Waals surface area contributed by atoms with Crippen molar-refractivity contribution in [1.82, 2.24) is 15.7 Å². The molecule has 1 aliphatic heterocycles. The number of ether oxygens (including phenoxy) is 1. The van der Waals surface area contributed by atoms with Gasteiger partial charge in [-0.25, -0.2) is 0 Å². The van der Waals surface area contributed by atoms with E-state index in [-0.39, 0.29) is 12.0 Å². The van der Waals surface area contributed by atoms with Gasteiger partial charge in [0, 0.05) is 25.2 Å². The molecule has 0 bridgehead atoms. The molecule has 35 heavy (non-hydrogen) atoms. The number of hydroxylamine groups is 1. The van der Waals surface area contributed by atoms with Gasteiger partial charge in [-0.1, -0.05) is 53.5 Å². The zero-order chi connectivity index (χ0) is 24.8. The topological polar surface area (TPSA) is 62.8 Å². The highest BCUT2D eigenvalue weighted by Crippen LogP contribution is 2.30. The van der Waals surface area contributed by atoms with Gasteiger partial charge in [0.25, 0.3) is 5.91 Å². The third kappa shape index (κ3) is 6.85. The van der Waals surface area contributed by atoms with Gasteiger partial charge in [-0.15, -0.1) is 11.3 Å². The molecule has 1 amide bonds. The molecule has 0 spiro atoms. The summed E-state index contributed by atoms with van der Waals surface area (Å²) in [7, 11) is 3.79. The maximum absolute atomic E-state index is 12.2. The Morgan fingerprint density at radius 2 is 1.91 bits per heavy atom. The molecule has 6 nitrogen and oxygen atoms in total. The molecule has 0 aliphatic carbocycles. The smallest absolute Gasteiger partial charge is 0.261 e. The molecule has 1 aromatic heterocycles. The summed E-state index contributed by atoms with van der Waals surface area (Å²) in [5.41, 5.74) is 8.21. The van der Waals surface area contributed by atoms with Crippen LogP contribution in [0.4, 0.5) is 0 Å². The Kier molecular flexibility index (Phi) is 8.83. The lowest BCUT2D eigenvalue weighted by Gasteiger charge is -2.19. The van der Waals surface area contributed by atoms with Crippen LogP contribution in [0.5, 0.6) is 0 Å². The predicted octanol–water partition coefficient (Wildman–Crippen LogP) is 5.47. The molecule has 2 aromatic carbocycles. The van der Waals surface area contributed by atoms with E-state index in [9.17, 15) is 4.79 Å². The van der Waals surface area contributed by atoms with Crippen LogP contribution in [0.15, 0.2) is 60.7 Å². The van der Waals surface area contributed by atoms with Crippen LogP contribution < -0.4 is 10.8 Å². The van der Waals surface area contributed by atoms with Gasteiger partial charge in [-0.2, -0.15) is 0 Å². The highest BCUT2D eigenvalue weighted by molar-refractivity contribution is 7.18. The molecule has 0 saturated heterocycles. The van der Waals surface area contributed by atoms with Crippen molar-refractivity contribution < 1.29 is 14.4 Å². The van der Waals surface area contributed by atoms with Crippen LogP contribution in [-0.2, 0) is 16.1 Å². The van der Waals surface area contributed by atoms with E-state index in [1.807, 2.05) is 30.3 Å². The summed E-state index contributed by atoms with van der Waals surface area (Å²) >= 11 is 13.5. The van der Waals surface area contributed by atoms with Crippen molar-refractivity contribution in [3.8, 4) is 11.1 Å². The lowest BCUT2D eigenvalue weighted by molar-refractivity contribution is 0.0499. The number of methoxy groups -OCH3 is 1. The number of nitrogens with zero attached hydrogens (tertiary/aromatic N) is 1. The molecular formula is C26H27Cl2N3O3S. The third-order valence-electron chi connectivity index (χ3n) is 5.63. The number of rotatable bonds is 10. The number of hydrogen-bond acceptors (Lipinski definition) is 6. The molecule has 184 valence electrons. The lowest BCUT2D eigenvalue weighted by Crippen LogP contribution is -2.31. The minimum absolute atomic E-state index is 0.165. The minimum Gasteiger partial charge on any atom is -0.383 e. The third-order valence-corrected chi connectivity index (χ3v) is 7.09. The second-order valence-corrected chi connectivity index (χ2v) is 10.4. The Bertz CT molecular complexity index is 1200. The number of carbonyl (C=O) groups excluding carboxylic acids is 1. The number of thiophene rings is 1. The standard InChI is InChI=1S/C26H27Cl2N3O3S/c1-31(11-12-33-2)16-19-7-8-20(27)13-22(19)17-3-5-18(6-4-17)23-14-21(34-30-23)15-29-26(32)24-9-10-25(28)35-24/h3-10,13-14,21,30H,11-12,15-16H2,1-2H3,(H,29,32). The Labute approximate surface area is 219 Å². The van der Waals surface area contributed by atoms with E-state index in [0.29, 0.717) is 27.4 Å². The Hall–Kier alpha value is -2.39. The van der Waals surface area contributed by atoms with Gasteiger partial charge in [-0.3, -0.25) is 20.0 Å². The van der Waals surface area contributed by atoms with Gasteiger partial charge >= 0.3 is 0 Å². The van der Waals surface area contributed by atoms with Gasteiger partial charge < -0.3 is 10.1 Å². The van der Waals surface area contributed by atoms with Crippen LogP contribution in [0.2, 0.25) is 9.36 Å². The van der Waals surface area contributed by atoms with Crippen LogP contribution in [0.1, 0.15) is 20.8 Å². The molecule has 0 saturated carbocycles. The molecule has 0 fully saturated rings. The van der Waals surface area contributed by atoms with Crippen LogP contribution in [0, 0.1) is 0 Å². The first-order valence-electron chi connectivity index (χ1n) is 11.2. The molecule has 4 rings (SSSR count). The number of likely N-dealkylation sites (N-methyl/N-ethyl adjacent to an activating group) is 1. The second-order valence-electron chi connectivity index (χ2n) is 8.26. The molecule has 2 N–H and O–H groups in total. The average Bonchev–Trinajstić information content (AvgIpc) is 3.52. The summed E-state index contributed by atoms with van der Waals surface area (Å²) in [5, 5.41) is 3.58. The van der Waals surface area contributed by atoms with Crippen LogP contribution in [0.25, 0.3) is 16.8 Å². The van der Waals surface area contributed by atoms with Crippen molar-refractivity contribution in [2.45, 2.75) is 12.6 Å². The molecule has 1 unspecified atom stereocenters. The quantitative estimate of drug-likeness (QED) is 0.363. The maximum atomic E-state index is 12.2. The van der Waals surface area contributed by atoms with Gasteiger partial charge in [0.2, 0.25) is 0 Å². The van der Waals surface area contributed by atoms with Crippen molar-refractivity contribution in [2.24, 2.45) is 0 Å². The van der Waals surface area contributed by atoms with Crippen molar-refractivity contribution in [3.05, 3.63) is 86.0 Å². The van der Waals surface area contributed by atoms with Crippen molar-refractivity contribution in [3.63, 3.8) is 0 Å². The molecule has 1 atom stereocenters.